The summed E-state index contributed by atoms with van der Waals surface area (Å²) in [5, 5.41) is 7.17. The van der Waals surface area contributed by atoms with Crippen LogP contribution in [0.25, 0.3) is 0 Å². The first-order valence-electron chi connectivity index (χ1n) is 11.7. The number of carbonyl (C=O) groups excluding carboxylic acids is 2. The highest BCUT2D eigenvalue weighted by atomic mass is 32.1. The van der Waals surface area contributed by atoms with Crippen LogP contribution in [0.2, 0.25) is 0 Å². The lowest BCUT2D eigenvalue weighted by Gasteiger charge is -2.42. The summed E-state index contributed by atoms with van der Waals surface area (Å²) in [5.74, 6) is -0.00286. The number of fused-ring (bicyclic) bond motifs is 1. The number of unbranched alkanes of at least 4 members (excludes halogenated alkanes) is 2. The highest BCUT2D eigenvalue weighted by molar-refractivity contribution is 7.17. The van der Waals surface area contributed by atoms with Crippen LogP contribution in [0, 0.1) is 0 Å². The first kappa shape index (κ1) is 25.2. The summed E-state index contributed by atoms with van der Waals surface area (Å²) in [7, 11) is 0. The molecule has 0 fully saturated rings. The minimum Gasteiger partial charge on any atom is -0.494 e. The molecule has 1 aromatic carbocycles. The van der Waals surface area contributed by atoms with Crippen molar-refractivity contribution in [3.8, 4) is 5.75 Å². The lowest BCUT2D eigenvalue weighted by molar-refractivity contribution is 0.0525. The molecule has 0 spiro atoms. The number of hydrogen-bond donors (Lipinski definition) is 2. The molecule has 1 aliphatic heterocycles. The molecule has 0 saturated heterocycles. The summed E-state index contributed by atoms with van der Waals surface area (Å²) in [4.78, 5) is 27.2. The van der Waals surface area contributed by atoms with Gasteiger partial charge in [-0.15, -0.1) is 11.3 Å². The van der Waals surface area contributed by atoms with Gasteiger partial charge in [-0.2, -0.15) is 0 Å². The van der Waals surface area contributed by atoms with Crippen LogP contribution in [0.4, 0.5) is 5.00 Å². The van der Waals surface area contributed by atoms with Gasteiger partial charge in [0.05, 0.1) is 18.8 Å². The van der Waals surface area contributed by atoms with Crippen molar-refractivity contribution in [2.75, 3.05) is 18.5 Å². The summed E-state index contributed by atoms with van der Waals surface area (Å²) in [6, 6.07) is 7.16. The summed E-state index contributed by atoms with van der Waals surface area (Å²) < 4.78 is 11.2. The van der Waals surface area contributed by atoms with Crippen molar-refractivity contribution in [2.24, 2.45) is 0 Å². The average molecular weight is 473 g/mol. The second-order valence-electron chi connectivity index (χ2n) is 9.68. The Hall–Kier alpha value is -2.38. The molecule has 0 bridgehead atoms. The Bertz CT molecular complexity index is 1010. The second-order valence-corrected chi connectivity index (χ2v) is 10.7. The maximum Gasteiger partial charge on any atom is 0.341 e. The van der Waals surface area contributed by atoms with Crippen molar-refractivity contribution in [1.29, 1.82) is 0 Å². The minimum absolute atomic E-state index is 0.191. The number of amides is 1. The van der Waals surface area contributed by atoms with Gasteiger partial charge in [0.15, 0.2) is 0 Å². The number of hydrogen-bond acceptors (Lipinski definition) is 6. The zero-order chi connectivity index (χ0) is 24.2. The third kappa shape index (κ3) is 5.95. The molecule has 0 atom stereocenters. The van der Waals surface area contributed by atoms with E-state index in [0.29, 0.717) is 34.9 Å². The van der Waals surface area contributed by atoms with E-state index < -0.39 is 5.97 Å². The zero-order valence-corrected chi connectivity index (χ0v) is 21.4. The molecule has 2 N–H and O–H groups in total. The normalized spacial score (nSPS) is 16.1. The Labute approximate surface area is 201 Å². The van der Waals surface area contributed by atoms with Gasteiger partial charge >= 0.3 is 5.97 Å². The maximum atomic E-state index is 13.1. The number of thiophene rings is 1. The Balaban J connectivity index is 1.90. The molecule has 0 aliphatic carbocycles. The number of carbonyl (C=O) groups is 2. The summed E-state index contributed by atoms with van der Waals surface area (Å²) in [5.41, 5.74) is 1.39. The van der Waals surface area contributed by atoms with Gasteiger partial charge < -0.3 is 20.1 Å². The zero-order valence-electron chi connectivity index (χ0n) is 20.6. The van der Waals surface area contributed by atoms with E-state index in [1.165, 1.54) is 11.3 Å². The van der Waals surface area contributed by atoms with Gasteiger partial charge in [-0.25, -0.2) is 4.79 Å². The average Bonchev–Trinajstić information content (AvgIpc) is 3.08. The smallest absolute Gasteiger partial charge is 0.341 e. The van der Waals surface area contributed by atoms with Crippen molar-refractivity contribution < 1.29 is 19.1 Å². The highest BCUT2D eigenvalue weighted by Crippen LogP contribution is 2.45. The number of rotatable bonds is 9. The van der Waals surface area contributed by atoms with Gasteiger partial charge in [-0.1, -0.05) is 25.8 Å². The van der Waals surface area contributed by atoms with Gasteiger partial charge in [0.1, 0.15) is 10.8 Å². The van der Waals surface area contributed by atoms with E-state index in [4.69, 9.17) is 9.47 Å². The van der Waals surface area contributed by atoms with Crippen LogP contribution in [-0.2, 0) is 16.7 Å². The van der Waals surface area contributed by atoms with Crippen molar-refractivity contribution in [1.82, 2.24) is 5.32 Å². The van der Waals surface area contributed by atoms with Gasteiger partial charge in [0.2, 0.25) is 0 Å². The fraction of sp³-hybridized carbons (Fsp3) is 0.538. The minimum atomic E-state index is -0.396. The van der Waals surface area contributed by atoms with Crippen LogP contribution in [-0.4, -0.2) is 30.6 Å². The number of ether oxygens (including phenoxy) is 2. The van der Waals surface area contributed by atoms with E-state index in [2.05, 4.69) is 45.3 Å². The quantitative estimate of drug-likeness (QED) is 0.351. The van der Waals surface area contributed by atoms with E-state index in [9.17, 15) is 9.59 Å². The molecule has 6 nitrogen and oxygen atoms in total. The van der Waals surface area contributed by atoms with Gasteiger partial charge in [0.25, 0.3) is 5.91 Å². The predicted octanol–water partition coefficient (Wildman–Crippen LogP) is 5.91. The fourth-order valence-electron chi connectivity index (χ4n) is 4.48. The highest BCUT2D eigenvalue weighted by Gasteiger charge is 2.42. The van der Waals surface area contributed by atoms with E-state index >= 15 is 0 Å². The van der Waals surface area contributed by atoms with Crippen molar-refractivity contribution in [3.63, 3.8) is 0 Å². The number of benzene rings is 1. The van der Waals surface area contributed by atoms with E-state index in [1.807, 2.05) is 12.1 Å². The molecule has 0 radical (unpaired) electrons. The van der Waals surface area contributed by atoms with Gasteiger partial charge in [0, 0.05) is 21.5 Å². The van der Waals surface area contributed by atoms with Crippen LogP contribution in [0.3, 0.4) is 0 Å². The monoisotopic (exact) mass is 472 g/mol. The summed E-state index contributed by atoms with van der Waals surface area (Å²) in [6.45, 7) is 13.3. The molecule has 3 rings (SSSR count). The summed E-state index contributed by atoms with van der Waals surface area (Å²) in [6.07, 6.45) is 3.90. The number of esters is 1. The topological polar surface area (TPSA) is 76.7 Å². The largest absolute Gasteiger partial charge is 0.494 e. The number of anilines is 1. The second kappa shape index (κ2) is 10.3. The van der Waals surface area contributed by atoms with Gasteiger partial charge in [-0.3, -0.25) is 4.79 Å². The van der Waals surface area contributed by atoms with E-state index in [0.717, 1.165) is 29.7 Å². The molecule has 1 aromatic heterocycles. The van der Waals surface area contributed by atoms with Crippen LogP contribution < -0.4 is 15.4 Å². The maximum absolute atomic E-state index is 13.1. The standard InChI is InChI=1S/C26H36N2O4S/c1-7-9-10-14-32-18-13-11-12-17(15-18)22(29)27-23-20(24(30)31-8-2)19-16-25(3,4)28-26(5,6)21(19)33-23/h11-13,15,28H,7-10,14,16H2,1-6H3,(H,27,29). The van der Waals surface area contributed by atoms with E-state index in [1.54, 1.807) is 19.1 Å². The third-order valence-corrected chi connectivity index (χ3v) is 7.13. The van der Waals surface area contributed by atoms with Crippen LogP contribution in [0.5, 0.6) is 5.75 Å². The third-order valence-electron chi connectivity index (χ3n) is 5.66. The van der Waals surface area contributed by atoms with Crippen LogP contribution in [0.15, 0.2) is 24.3 Å². The predicted molar refractivity (Wildman–Crippen MR) is 134 cm³/mol. The molecule has 180 valence electrons. The van der Waals surface area contributed by atoms with Crippen molar-refractivity contribution in [3.05, 3.63) is 45.8 Å². The van der Waals surface area contributed by atoms with Crippen molar-refractivity contribution >= 4 is 28.2 Å². The first-order valence-corrected chi connectivity index (χ1v) is 12.6. The molecular formula is C26H36N2O4S. The lowest BCUT2D eigenvalue weighted by Crippen LogP contribution is -2.55. The molecule has 1 aliphatic rings. The molecule has 33 heavy (non-hydrogen) atoms. The Morgan fingerprint density at radius 2 is 1.91 bits per heavy atom. The molecule has 0 saturated carbocycles. The summed E-state index contributed by atoms with van der Waals surface area (Å²) >= 11 is 1.44. The Morgan fingerprint density at radius 1 is 1.15 bits per heavy atom. The first-order chi connectivity index (χ1) is 15.6. The van der Waals surface area contributed by atoms with Crippen LogP contribution in [0.1, 0.15) is 92.0 Å². The molecule has 2 heterocycles. The number of nitrogens with one attached hydrogen (secondary N) is 2. The van der Waals surface area contributed by atoms with E-state index in [-0.39, 0.29) is 23.6 Å². The molecule has 2 aromatic rings. The lowest BCUT2D eigenvalue weighted by atomic mass is 9.81. The molecule has 0 unspecified atom stereocenters. The fourth-order valence-corrected chi connectivity index (χ4v) is 5.74. The molecular weight excluding hydrogens is 436 g/mol. The van der Waals surface area contributed by atoms with Crippen LogP contribution >= 0.6 is 11.3 Å². The Morgan fingerprint density at radius 3 is 2.61 bits per heavy atom. The van der Waals surface area contributed by atoms with Gasteiger partial charge in [-0.05, 0) is 71.2 Å². The SMILES string of the molecule is CCCCCOc1cccc(C(=O)Nc2sc3c(c2C(=O)OCC)CC(C)(C)NC3(C)C)c1. The molecule has 7 heteroatoms. The molecule has 1 amide bonds. The Kier molecular flexibility index (Phi) is 7.85. The van der Waals surface area contributed by atoms with Crippen molar-refractivity contribution in [2.45, 2.75) is 78.3 Å².